The molecule has 2 aliphatic rings. The van der Waals surface area contributed by atoms with Crippen molar-refractivity contribution in [3.05, 3.63) is 94.5 Å². The Morgan fingerprint density at radius 3 is 1.97 bits per heavy atom. The summed E-state index contributed by atoms with van der Waals surface area (Å²) in [5.41, 5.74) is 5.32. The lowest BCUT2D eigenvalue weighted by Crippen LogP contribution is -2.51. The molecule has 2 aliphatic heterocycles. The lowest BCUT2D eigenvalue weighted by molar-refractivity contribution is 0.325. The Labute approximate surface area is 223 Å². The number of anilines is 2. The molecule has 3 aromatic carbocycles. The van der Waals surface area contributed by atoms with Crippen LogP contribution in [0.4, 0.5) is 11.4 Å². The first-order valence-corrected chi connectivity index (χ1v) is 13.7. The number of benzene rings is 3. The molecule has 0 unspecified atom stereocenters. The van der Waals surface area contributed by atoms with Gasteiger partial charge < -0.3 is 24.2 Å². The van der Waals surface area contributed by atoms with E-state index >= 15 is 0 Å². The van der Waals surface area contributed by atoms with E-state index in [0.717, 1.165) is 44.9 Å². The Balaban J connectivity index is 1.50. The Morgan fingerprint density at radius 2 is 1.41 bits per heavy atom. The van der Waals surface area contributed by atoms with E-state index in [-0.39, 0.29) is 6.04 Å². The van der Waals surface area contributed by atoms with Crippen molar-refractivity contribution in [3.8, 4) is 17.6 Å². The average molecular weight is 513 g/mol. The molecule has 0 amide bonds. The van der Waals surface area contributed by atoms with Crippen LogP contribution in [0.3, 0.4) is 0 Å². The van der Waals surface area contributed by atoms with Crippen molar-refractivity contribution in [1.82, 2.24) is 4.90 Å². The topological polar surface area (TPSA) is 52.0 Å². The van der Waals surface area contributed by atoms with Crippen LogP contribution >= 0.6 is 11.8 Å². The highest BCUT2D eigenvalue weighted by atomic mass is 32.2. The number of nitriles is 1. The molecule has 1 atom stereocenters. The molecular formula is C30H32N4O2S. The predicted molar refractivity (Wildman–Crippen MR) is 151 cm³/mol. The van der Waals surface area contributed by atoms with Gasteiger partial charge >= 0.3 is 0 Å². The molecule has 0 N–H and O–H groups in total. The summed E-state index contributed by atoms with van der Waals surface area (Å²) in [6, 6.07) is 27.4. The molecule has 190 valence electrons. The minimum atomic E-state index is -0.153. The number of nitrogens with zero attached hydrogens (tertiary/aromatic N) is 4. The summed E-state index contributed by atoms with van der Waals surface area (Å²) in [4.78, 5) is 6.97. The second-order valence-electron chi connectivity index (χ2n) is 9.10. The van der Waals surface area contributed by atoms with Crippen LogP contribution in [0, 0.1) is 18.3 Å². The van der Waals surface area contributed by atoms with E-state index in [1.54, 1.807) is 11.8 Å². The highest BCUT2D eigenvalue weighted by Crippen LogP contribution is 2.44. The fourth-order valence-electron chi connectivity index (χ4n) is 4.85. The van der Waals surface area contributed by atoms with Gasteiger partial charge in [-0.15, -0.1) is 0 Å². The highest BCUT2D eigenvalue weighted by molar-refractivity contribution is 8.03. The molecule has 37 heavy (non-hydrogen) atoms. The molecule has 7 heteroatoms. The number of ether oxygens (including phenoxy) is 2. The van der Waals surface area contributed by atoms with Crippen molar-refractivity contribution in [3.63, 3.8) is 0 Å². The molecular weight excluding hydrogens is 480 g/mol. The largest absolute Gasteiger partial charge is 0.494 e. The van der Waals surface area contributed by atoms with Crippen LogP contribution in [0.2, 0.25) is 0 Å². The number of aryl methyl sites for hydroxylation is 1. The fraction of sp³-hybridized carbons (Fsp3) is 0.300. The molecule has 3 aromatic rings. The van der Waals surface area contributed by atoms with Gasteiger partial charge in [-0.25, -0.2) is 0 Å². The molecule has 0 aliphatic carbocycles. The van der Waals surface area contributed by atoms with Gasteiger partial charge in [0.15, 0.2) is 0 Å². The first-order chi connectivity index (χ1) is 18.1. The van der Waals surface area contributed by atoms with Crippen molar-refractivity contribution in [2.24, 2.45) is 0 Å². The van der Waals surface area contributed by atoms with Gasteiger partial charge in [-0.05, 0) is 74.9 Å². The Kier molecular flexibility index (Phi) is 7.47. The first kappa shape index (κ1) is 24.9. The summed E-state index contributed by atoms with van der Waals surface area (Å²) < 4.78 is 11.3. The third kappa shape index (κ3) is 5.21. The van der Waals surface area contributed by atoms with E-state index in [9.17, 15) is 5.26 Å². The maximum absolute atomic E-state index is 10.4. The zero-order chi connectivity index (χ0) is 25.8. The zero-order valence-electron chi connectivity index (χ0n) is 21.6. The van der Waals surface area contributed by atoms with E-state index in [1.807, 2.05) is 38.1 Å². The van der Waals surface area contributed by atoms with Gasteiger partial charge in [0, 0.05) is 11.4 Å². The third-order valence-electron chi connectivity index (χ3n) is 6.63. The van der Waals surface area contributed by atoms with Crippen LogP contribution in [0.25, 0.3) is 0 Å². The molecule has 5 rings (SSSR count). The van der Waals surface area contributed by atoms with Crippen LogP contribution < -0.4 is 19.3 Å². The van der Waals surface area contributed by atoms with Crippen LogP contribution in [0.1, 0.15) is 31.0 Å². The van der Waals surface area contributed by atoms with Crippen LogP contribution in [0.5, 0.6) is 11.5 Å². The minimum absolute atomic E-state index is 0.153. The average Bonchev–Trinajstić information content (AvgIpc) is 2.93. The Morgan fingerprint density at radius 1 is 0.811 bits per heavy atom. The van der Waals surface area contributed by atoms with Gasteiger partial charge in [-0.1, -0.05) is 41.6 Å². The first-order valence-electron chi connectivity index (χ1n) is 12.7. The molecule has 1 saturated heterocycles. The minimum Gasteiger partial charge on any atom is -0.494 e. The predicted octanol–water partition coefficient (Wildman–Crippen LogP) is 6.52. The summed E-state index contributed by atoms with van der Waals surface area (Å²) in [6.07, 6.45) is 0. The van der Waals surface area contributed by atoms with E-state index in [4.69, 9.17) is 9.47 Å². The quantitative estimate of drug-likeness (QED) is 0.357. The second kappa shape index (κ2) is 11.1. The summed E-state index contributed by atoms with van der Waals surface area (Å²) in [6.45, 7) is 8.73. The number of hydrogen-bond donors (Lipinski definition) is 0. The van der Waals surface area contributed by atoms with E-state index in [2.05, 4.69) is 76.2 Å². The Hall–Kier alpha value is -3.76. The van der Waals surface area contributed by atoms with Gasteiger partial charge in [0.1, 0.15) is 17.6 Å². The second-order valence-corrected chi connectivity index (χ2v) is 10.0. The van der Waals surface area contributed by atoms with Crippen LogP contribution in [0.15, 0.2) is 83.4 Å². The molecule has 0 radical (unpaired) electrons. The van der Waals surface area contributed by atoms with Crippen molar-refractivity contribution >= 4 is 23.1 Å². The molecule has 1 fully saturated rings. The number of fused-ring (bicyclic) bond motifs is 1. The normalized spacial score (nSPS) is 17.4. The maximum Gasteiger partial charge on any atom is 0.119 e. The number of hydrogen-bond acceptors (Lipinski definition) is 7. The van der Waals surface area contributed by atoms with Gasteiger partial charge in [0.25, 0.3) is 0 Å². The van der Waals surface area contributed by atoms with Gasteiger partial charge in [-0.2, -0.15) is 5.26 Å². The summed E-state index contributed by atoms with van der Waals surface area (Å²) in [7, 11) is 0. The molecule has 0 aromatic heterocycles. The van der Waals surface area contributed by atoms with E-state index < -0.39 is 0 Å². The summed E-state index contributed by atoms with van der Waals surface area (Å²) in [5.74, 6) is 2.51. The van der Waals surface area contributed by atoms with Gasteiger partial charge in [-0.3, -0.25) is 0 Å². The standard InChI is InChI=1S/C30H32N4O2S/c1-4-35-26-14-10-24(11-15-26)33-19-32-20-34(25-12-16-27(17-13-25)36-5-2)29(23-8-6-22(3)7-9-23)28(18-31)30(32)37-21-33/h6-17,29H,4-5,19-21H2,1-3H3/t29-/m0/s1. The lowest BCUT2D eigenvalue weighted by Gasteiger charge is -2.48. The zero-order valence-corrected chi connectivity index (χ0v) is 22.4. The van der Waals surface area contributed by atoms with Crippen LogP contribution in [-0.2, 0) is 0 Å². The van der Waals surface area contributed by atoms with Gasteiger partial charge in [0.2, 0.25) is 0 Å². The molecule has 2 heterocycles. The van der Waals surface area contributed by atoms with E-state index in [1.165, 1.54) is 5.56 Å². The fourth-order valence-corrected chi connectivity index (χ4v) is 5.97. The number of rotatable bonds is 7. The SMILES string of the molecule is CCOc1ccc(N2CSC3=C(C#N)[C@H](c4ccc(C)cc4)N(c4ccc(OCC)cc4)CN3C2)cc1. The highest BCUT2D eigenvalue weighted by Gasteiger charge is 2.38. The third-order valence-corrected chi connectivity index (χ3v) is 7.82. The monoisotopic (exact) mass is 512 g/mol. The van der Waals surface area contributed by atoms with Crippen molar-refractivity contribution in [2.45, 2.75) is 26.8 Å². The molecule has 0 saturated carbocycles. The Bertz CT molecular complexity index is 1280. The number of thioether (sulfide) groups is 1. The smallest absolute Gasteiger partial charge is 0.119 e. The summed E-state index contributed by atoms with van der Waals surface area (Å²) in [5, 5.41) is 11.5. The van der Waals surface area contributed by atoms with Crippen molar-refractivity contribution < 1.29 is 9.47 Å². The van der Waals surface area contributed by atoms with Crippen molar-refractivity contribution in [2.75, 3.05) is 42.2 Å². The summed E-state index contributed by atoms with van der Waals surface area (Å²) >= 11 is 1.74. The molecule has 0 spiro atoms. The van der Waals surface area contributed by atoms with E-state index in [0.29, 0.717) is 26.6 Å². The van der Waals surface area contributed by atoms with Crippen molar-refractivity contribution in [1.29, 1.82) is 5.26 Å². The van der Waals surface area contributed by atoms with Crippen LogP contribution in [-0.4, -0.2) is 37.3 Å². The van der Waals surface area contributed by atoms with Gasteiger partial charge in [0.05, 0.1) is 49.1 Å². The maximum atomic E-state index is 10.4. The molecule has 0 bridgehead atoms. The molecule has 6 nitrogen and oxygen atoms in total. The lowest BCUT2D eigenvalue weighted by atomic mass is 9.95.